The van der Waals surface area contributed by atoms with Crippen molar-refractivity contribution in [3.05, 3.63) is 68.5 Å². The normalized spacial score (nSPS) is 16.4. The number of nitrogens with two attached hydrogens (primary N) is 1. The van der Waals surface area contributed by atoms with Gasteiger partial charge < -0.3 is 15.5 Å². The number of H-pyrrole nitrogens is 2. The first-order valence-corrected chi connectivity index (χ1v) is 7.75. The number of aromatic amines is 2. The van der Waals surface area contributed by atoms with Gasteiger partial charge >= 0.3 is 0 Å². The van der Waals surface area contributed by atoms with Crippen LogP contribution in [0.25, 0.3) is 10.9 Å². The van der Waals surface area contributed by atoms with Gasteiger partial charge in [0.2, 0.25) is 11.8 Å². The molecule has 1 aliphatic rings. The molecule has 4 N–H and O–H groups in total. The maximum Gasteiger partial charge on any atom is 0.252 e. The number of ether oxygens (including phenoxy) is 1. The second-order valence-corrected chi connectivity index (χ2v) is 6.14. The molecule has 1 aromatic carbocycles. The summed E-state index contributed by atoms with van der Waals surface area (Å²) in [5.41, 5.74) is 9.45. The minimum atomic E-state index is -0.623. The van der Waals surface area contributed by atoms with Crippen LogP contribution >= 0.6 is 0 Å². The summed E-state index contributed by atoms with van der Waals surface area (Å²) in [7, 11) is 0. The highest BCUT2D eigenvalue weighted by Crippen LogP contribution is 2.41. The molecule has 7 nitrogen and oxygen atoms in total. The maximum absolute atomic E-state index is 12.8. The molecule has 7 heteroatoms. The number of aryl methyl sites for hydroxylation is 2. The Bertz CT molecular complexity index is 1150. The van der Waals surface area contributed by atoms with Crippen LogP contribution in [-0.4, -0.2) is 15.2 Å². The lowest BCUT2D eigenvalue weighted by Gasteiger charge is -2.23. The molecule has 0 saturated carbocycles. The van der Waals surface area contributed by atoms with E-state index in [2.05, 4.69) is 21.3 Å². The predicted molar refractivity (Wildman–Crippen MR) is 91.9 cm³/mol. The smallest absolute Gasteiger partial charge is 0.252 e. The average Bonchev–Trinajstić information content (AvgIpc) is 2.93. The van der Waals surface area contributed by atoms with Crippen molar-refractivity contribution in [1.82, 2.24) is 15.2 Å². The van der Waals surface area contributed by atoms with Gasteiger partial charge in [-0.25, -0.2) is 0 Å². The zero-order valence-electron chi connectivity index (χ0n) is 13.7. The molecule has 1 aliphatic heterocycles. The van der Waals surface area contributed by atoms with Crippen molar-refractivity contribution in [1.29, 1.82) is 5.26 Å². The Morgan fingerprint density at radius 2 is 2.12 bits per heavy atom. The van der Waals surface area contributed by atoms with E-state index in [1.54, 1.807) is 6.07 Å². The van der Waals surface area contributed by atoms with E-state index in [0.29, 0.717) is 17.0 Å². The molecular formula is C18H15N5O2. The van der Waals surface area contributed by atoms with Gasteiger partial charge in [-0.2, -0.15) is 5.26 Å². The lowest BCUT2D eigenvalue weighted by Crippen LogP contribution is -2.25. The Kier molecular flexibility index (Phi) is 3.15. The monoisotopic (exact) mass is 333 g/mol. The summed E-state index contributed by atoms with van der Waals surface area (Å²) < 4.78 is 5.43. The molecule has 0 amide bonds. The highest BCUT2D eigenvalue weighted by atomic mass is 16.5. The fraction of sp³-hybridized carbons (Fsp3) is 0.167. The van der Waals surface area contributed by atoms with E-state index in [4.69, 9.17) is 10.5 Å². The Labute approximate surface area is 142 Å². The van der Waals surface area contributed by atoms with Crippen LogP contribution in [0.4, 0.5) is 0 Å². The highest BCUT2D eigenvalue weighted by molar-refractivity contribution is 5.80. The number of nitriles is 1. The first-order chi connectivity index (χ1) is 12.0. The average molecular weight is 333 g/mol. The zero-order chi connectivity index (χ0) is 17.7. The van der Waals surface area contributed by atoms with Crippen LogP contribution in [0, 0.1) is 25.2 Å². The van der Waals surface area contributed by atoms with Gasteiger partial charge in [-0.05, 0) is 36.9 Å². The Morgan fingerprint density at radius 3 is 2.88 bits per heavy atom. The molecule has 3 aromatic rings. The fourth-order valence-electron chi connectivity index (χ4n) is 3.26. The topological polar surface area (TPSA) is 121 Å². The van der Waals surface area contributed by atoms with Gasteiger partial charge in [0.25, 0.3) is 5.56 Å². The molecule has 4 rings (SSSR count). The first kappa shape index (κ1) is 15.0. The molecule has 3 heterocycles. The first-order valence-electron chi connectivity index (χ1n) is 7.75. The molecular weight excluding hydrogens is 318 g/mol. The molecule has 0 unspecified atom stereocenters. The van der Waals surface area contributed by atoms with Gasteiger partial charge in [-0.15, -0.1) is 5.10 Å². The lowest BCUT2D eigenvalue weighted by molar-refractivity contribution is 0.378. The van der Waals surface area contributed by atoms with Crippen molar-refractivity contribution in [3.8, 4) is 11.9 Å². The second-order valence-electron chi connectivity index (χ2n) is 6.14. The number of pyridine rings is 1. The zero-order valence-corrected chi connectivity index (χ0v) is 13.7. The van der Waals surface area contributed by atoms with Crippen molar-refractivity contribution >= 4 is 10.9 Å². The summed E-state index contributed by atoms with van der Waals surface area (Å²) in [6.45, 7) is 3.78. The third-order valence-corrected chi connectivity index (χ3v) is 4.47. The standard InChI is InChI=1S/C18H15N5O2/c1-8-3-4-10-6-11(17(24)21-13(10)5-8)15-12(7-19)16(20)25-18-14(15)9(2)22-23-18/h3-6,15H,20H2,1-2H3,(H,21,24)(H,22,23)/t15-/m0/s1. The molecule has 0 aliphatic carbocycles. The molecule has 0 bridgehead atoms. The Morgan fingerprint density at radius 1 is 1.32 bits per heavy atom. The lowest BCUT2D eigenvalue weighted by atomic mass is 9.84. The predicted octanol–water partition coefficient (Wildman–Crippen LogP) is 2.09. The van der Waals surface area contributed by atoms with E-state index in [0.717, 1.165) is 22.2 Å². The van der Waals surface area contributed by atoms with E-state index in [9.17, 15) is 10.1 Å². The van der Waals surface area contributed by atoms with Crippen LogP contribution in [-0.2, 0) is 0 Å². The highest BCUT2D eigenvalue weighted by Gasteiger charge is 2.35. The molecule has 2 aromatic heterocycles. The van der Waals surface area contributed by atoms with Crippen molar-refractivity contribution in [3.63, 3.8) is 0 Å². The number of benzene rings is 1. The second kappa shape index (κ2) is 5.24. The molecule has 0 radical (unpaired) electrons. The largest absolute Gasteiger partial charge is 0.420 e. The number of fused-ring (bicyclic) bond motifs is 2. The van der Waals surface area contributed by atoms with Crippen molar-refractivity contribution in [2.75, 3.05) is 0 Å². The summed E-state index contributed by atoms with van der Waals surface area (Å²) in [4.78, 5) is 15.7. The minimum Gasteiger partial charge on any atom is -0.420 e. The third-order valence-electron chi connectivity index (χ3n) is 4.47. The fourth-order valence-corrected chi connectivity index (χ4v) is 3.26. The van der Waals surface area contributed by atoms with E-state index < -0.39 is 5.92 Å². The van der Waals surface area contributed by atoms with Gasteiger partial charge in [0.15, 0.2) is 0 Å². The van der Waals surface area contributed by atoms with E-state index in [1.165, 1.54) is 0 Å². The number of nitrogens with one attached hydrogen (secondary N) is 2. The molecule has 0 saturated heterocycles. The Balaban J connectivity index is 2.03. The summed E-state index contributed by atoms with van der Waals surface area (Å²) in [6.07, 6.45) is 0. The van der Waals surface area contributed by atoms with Gasteiger partial charge in [-0.3, -0.25) is 9.89 Å². The summed E-state index contributed by atoms with van der Waals surface area (Å²) in [5, 5.41) is 17.4. The molecule has 0 fully saturated rings. The Hall–Kier alpha value is -3.53. The quantitative estimate of drug-likeness (QED) is 0.629. The van der Waals surface area contributed by atoms with E-state index >= 15 is 0 Å². The van der Waals surface area contributed by atoms with Crippen molar-refractivity contribution < 1.29 is 4.74 Å². The summed E-state index contributed by atoms with van der Waals surface area (Å²) in [6, 6.07) is 9.69. The van der Waals surface area contributed by atoms with Gasteiger partial charge in [0.05, 0.1) is 5.92 Å². The van der Waals surface area contributed by atoms with Crippen LogP contribution in [0.15, 0.2) is 40.5 Å². The van der Waals surface area contributed by atoms with Crippen LogP contribution < -0.4 is 16.0 Å². The number of allylic oxidation sites excluding steroid dienone is 1. The minimum absolute atomic E-state index is 0.0325. The number of hydrogen-bond acceptors (Lipinski definition) is 5. The van der Waals surface area contributed by atoms with Crippen LogP contribution in [0.3, 0.4) is 0 Å². The third kappa shape index (κ3) is 2.19. The molecule has 1 atom stereocenters. The van der Waals surface area contributed by atoms with Crippen molar-refractivity contribution in [2.24, 2.45) is 5.73 Å². The number of hydrogen-bond donors (Lipinski definition) is 3. The number of nitrogens with zero attached hydrogens (tertiary/aromatic N) is 2. The maximum atomic E-state index is 12.8. The van der Waals surface area contributed by atoms with Crippen LogP contribution in [0.5, 0.6) is 5.88 Å². The summed E-state index contributed by atoms with van der Waals surface area (Å²) in [5.74, 6) is -0.362. The molecule has 124 valence electrons. The number of rotatable bonds is 1. The van der Waals surface area contributed by atoms with Crippen LogP contribution in [0.2, 0.25) is 0 Å². The van der Waals surface area contributed by atoms with Gasteiger partial charge in [0.1, 0.15) is 11.6 Å². The SMILES string of the molecule is Cc1ccc2cc([C@H]3C(C#N)=C(N)Oc4n[nH]c(C)c43)c(=O)[nH]c2c1. The van der Waals surface area contributed by atoms with Gasteiger partial charge in [-0.1, -0.05) is 12.1 Å². The van der Waals surface area contributed by atoms with Crippen molar-refractivity contribution in [2.45, 2.75) is 19.8 Å². The van der Waals surface area contributed by atoms with Crippen LogP contribution in [0.1, 0.15) is 28.3 Å². The summed E-state index contributed by atoms with van der Waals surface area (Å²) >= 11 is 0. The molecule has 0 spiro atoms. The van der Waals surface area contributed by atoms with Gasteiger partial charge in [0, 0.05) is 22.3 Å². The van der Waals surface area contributed by atoms with E-state index in [1.807, 2.05) is 32.0 Å². The number of aromatic nitrogens is 3. The molecule has 25 heavy (non-hydrogen) atoms. The van der Waals surface area contributed by atoms with E-state index in [-0.39, 0.29) is 17.0 Å².